The molecule has 2 heterocycles. The lowest BCUT2D eigenvalue weighted by atomic mass is 10.2. The van der Waals surface area contributed by atoms with E-state index in [4.69, 9.17) is 14.5 Å². The second-order valence-electron chi connectivity index (χ2n) is 6.70. The lowest BCUT2D eigenvalue weighted by Crippen LogP contribution is -2.46. The molecular weight excluding hydrogens is 332 g/mol. The smallest absolute Gasteiger partial charge is 0.194 e. The number of morpholine rings is 1. The predicted octanol–water partition coefficient (Wildman–Crippen LogP) is 1.27. The Balaban J connectivity index is 1.66. The van der Waals surface area contributed by atoms with Gasteiger partial charge in [0.15, 0.2) is 5.96 Å². The Labute approximate surface area is 155 Å². The molecule has 2 aliphatic heterocycles. The monoisotopic (exact) mass is 362 g/mol. The Morgan fingerprint density at radius 2 is 2.15 bits per heavy atom. The van der Waals surface area contributed by atoms with E-state index in [1.54, 1.807) is 19.2 Å². The Morgan fingerprint density at radius 3 is 2.88 bits per heavy atom. The number of likely N-dealkylation sites (tertiary alicyclic amines) is 1. The van der Waals surface area contributed by atoms with Crippen molar-refractivity contribution in [3.8, 4) is 11.5 Å². The van der Waals surface area contributed by atoms with Crippen LogP contribution in [0.2, 0.25) is 0 Å². The molecule has 0 spiro atoms. The molecule has 1 atom stereocenters. The molecule has 0 radical (unpaired) electrons. The first-order valence-corrected chi connectivity index (χ1v) is 9.42. The van der Waals surface area contributed by atoms with Gasteiger partial charge in [-0.3, -0.25) is 4.90 Å². The van der Waals surface area contributed by atoms with E-state index in [1.807, 2.05) is 6.07 Å². The number of hydrogen-bond acceptors (Lipinski definition) is 5. The van der Waals surface area contributed by atoms with Crippen LogP contribution in [0, 0.1) is 0 Å². The number of hydrogen-bond donors (Lipinski definition) is 2. The van der Waals surface area contributed by atoms with Gasteiger partial charge in [0.25, 0.3) is 0 Å². The number of nitrogens with zero attached hydrogens (tertiary/aromatic N) is 3. The van der Waals surface area contributed by atoms with Crippen LogP contribution in [-0.4, -0.2) is 80.0 Å². The number of methoxy groups -OCH3 is 1. The fourth-order valence-electron chi connectivity index (χ4n) is 3.58. The summed E-state index contributed by atoms with van der Waals surface area (Å²) >= 11 is 0. The van der Waals surface area contributed by atoms with Gasteiger partial charge in [0.2, 0.25) is 0 Å². The van der Waals surface area contributed by atoms with Gasteiger partial charge in [0.1, 0.15) is 11.5 Å². The normalized spacial score (nSPS) is 21.8. The molecule has 7 heteroatoms. The van der Waals surface area contributed by atoms with Crippen LogP contribution in [0.1, 0.15) is 18.9 Å². The molecule has 2 aliphatic rings. The Kier molecular flexibility index (Phi) is 6.57. The molecule has 0 aliphatic carbocycles. The summed E-state index contributed by atoms with van der Waals surface area (Å²) in [5, 5.41) is 13.5. The summed E-state index contributed by atoms with van der Waals surface area (Å²) in [6.07, 6.45) is 1.15. The zero-order valence-electron chi connectivity index (χ0n) is 15.8. The molecular formula is C19H30N4O3. The molecule has 1 unspecified atom stereocenters. The van der Waals surface area contributed by atoms with Crippen LogP contribution >= 0.6 is 0 Å². The van der Waals surface area contributed by atoms with E-state index in [0.717, 1.165) is 69.6 Å². The highest BCUT2D eigenvalue weighted by Gasteiger charge is 2.30. The van der Waals surface area contributed by atoms with Crippen LogP contribution in [0.5, 0.6) is 11.5 Å². The maximum Gasteiger partial charge on any atom is 0.194 e. The molecule has 2 fully saturated rings. The highest BCUT2D eigenvalue weighted by atomic mass is 16.5. The van der Waals surface area contributed by atoms with Crippen LogP contribution in [0.3, 0.4) is 0 Å². The molecule has 2 saturated heterocycles. The second-order valence-corrected chi connectivity index (χ2v) is 6.70. The third kappa shape index (κ3) is 4.59. The number of phenols is 1. The molecule has 0 aromatic heterocycles. The summed E-state index contributed by atoms with van der Waals surface area (Å²) in [5.74, 6) is 1.88. The molecule has 0 bridgehead atoms. The third-order valence-corrected chi connectivity index (χ3v) is 5.05. The number of aromatic hydroxyl groups is 1. The van der Waals surface area contributed by atoms with Gasteiger partial charge < -0.3 is 24.8 Å². The molecule has 1 aromatic carbocycles. The quantitative estimate of drug-likeness (QED) is 0.607. The van der Waals surface area contributed by atoms with Crippen molar-refractivity contribution in [2.45, 2.75) is 25.9 Å². The first-order chi connectivity index (χ1) is 12.7. The van der Waals surface area contributed by atoms with E-state index < -0.39 is 0 Å². The molecule has 0 amide bonds. The van der Waals surface area contributed by atoms with Crippen molar-refractivity contribution in [3.63, 3.8) is 0 Å². The van der Waals surface area contributed by atoms with E-state index in [0.29, 0.717) is 12.6 Å². The minimum atomic E-state index is 0.248. The minimum absolute atomic E-state index is 0.248. The first kappa shape index (κ1) is 18.8. The summed E-state index contributed by atoms with van der Waals surface area (Å²) in [6, 6.07) is 5.80. The number of nitrogens with one attached hydrogen (secondary N) is 1. The Hall–Kier alpha value is -1.99. The highest BCUT2D eigenvalue weighted by Crippen LogP contribution is 2.24. The summed E-state index contributed by atoms with van der Waals surface area (Å²) < 4.78 is 10.7. The fourth-order valence-corrected chi connectivity index (χ4v) is 3.58. The van der Waals surface area contributed by atoms with E-state index >= 15 is 0 Å². The van der Waals surface area contributed by atoms with Gasteiger partial charge in [0, 0.05) is 44.3 Å². The molecule has 2 N–H and O–H groups in total. The number of phenolic OH excluding ortho intramolecular Hbond substituents is 1. The predicted molar refractivity (Wildman–Crippen MR) is 102 cm³/mol. The van der Waals surface area contributed by atoms with Gasteiger partial charge in [0.05, 0.1) is 26.9 Å². The average molecular weight is 362 g/mol. The summed E-state index contributed by atoms with van der Waals surface area (Å²) in [4.78, 5) is 9.60. The lowest BCUT2D eigenvalue weighted by Gasteiger charge is -2.32. The zero-order valence-corrected chi connectivity index (χ0v) is 15.8. The van der Waals surface area contributed by atoms with E-state index in [-0.39, 0.29) is 5.75 Å². The van der Waals surface area contributed by atoms with Gasteiger partial charge in [-0.2, -0.15) is 0 Å². The maximum absolute atomic E-state index is 10.1. The third-order valence-electron chi connectivity index (χ3n) is 5.05. The Morgan fingerprint density at radius 1 is 1.35 bits per heavy atom. The molecule has 1 aromatic rings. The van der Waals surface area contributed by atoms with Gasteiger partial charge in [-0.1, -0.05) is 0 Å². The molecule has 7 nitrogen and oxygen atoms in total. The average Bonchev–Trinajstić information content (AvgIpc) is 3.17. The summed E-state index contributed by atoms with van der Waals surface area (Å²) in [5.41, 5.74) is 0.767. The maximum atomic E-state index is 10.1. The van der Waals surface area contributed by atoms with E-state index in [9.17, 15) is 5.11 Å². The van der Waals surface area contributed by atoms with E-state index in [2.05, 4.69) is 22.0 Å². The van der Waals surface area contributed by atoms with Crippen molar-refractivity contribution < 1.29 is 14.6 Å². The topological polar surface area (TPSA) is 69.6 Å². The van der Waals surface area contributed by atoms with Crippen molar-refractivity contribution >= 4 is 5.96 Å². The molecule has 144 valence electrons. The lowest BCUT2D eigenvalue weighted by molar-refractivity contribution is 0.0195. The van der Waals surface area contributed by atoms with Gasteiger partial charge in [-0.05, 0) is 31.5 Å². The van der Waals surface area contributed by atoms with Crippen molar-refractivity contribution in [1.29, 1.82) is 0 Å². The number of aliphatic imine (C=N–C) groups is 1. The fraction of sp³-hybridized carbons (Fsp3) is 0.632. The van der Waals surface area contributed by atoms with Crippen LogP contribution < -0.4 is 10.1 Å². The van der Waals surface area contributed by atoms with Crippen LogP contribution in [0.15, 0.2) is 23.2 Å². The number of ether oxygens (including phenoxy) is 2. The summed E-state index contributed by atoms with van der Waals surface area (Å²) in [6.45, 7) is 9.00. The molecule has 3 rings (SSSR count). The van der Waals surface area contributed by atoms with Gasteiger partial charge in [-0.25, -0.2) is 4.99 Å². The van der Waals surface area contributed by atoms with Crippen LogP contribution in [0.25, 0.3) is 0 Å². The standard InChI is InChI=1S/C19H30N4O3/c1-3-20-19(21-13-15-12-17(25-2)4-5-18(15)24)23-7-6-16(14-23)22-8-10-26-11-9-22/h4-5,12,16,24H,3,6-11,13-14H2,1-2H3,(H,20,21). The minimum Gasteiger partial charge on any atom is -0.508 e. The largest absolute Gasteiger partial charge is 0.508 e. The highest BCUT2D eigenvalue weighted by molar-refractivity contribution is 5.80. The van der Waals surface area contributed by atoms with E-state index in [1.165, 1.54) is 0 Å². The molecule has 0 saturated carbocycles. The SMILES string of the molecule is CCNC(=NCc1cc(OC)ccc1O)N1CCC(N2CCOCC2)C1. The first-order valence-electron chi connectivity index (χ1n) is 9.42. The number of guanidine groups is 1. The van der Waals surface area contributed by atoms with Gasteiger partial charge >= 0.3 is 0 Å². The molecule has 26 heavy (non-hydrogen) atoms. The van der Waals surface area contributed by atoms with Crippen molar-refractivity contribution in [2.24, 2.45) is 4.99 Å². The van der Waals surface area contributed by atoms with Crippen LogP contribution in [-0.2, 0) is 11.3 Å². The van der Waals surface area contributed by atoms with Crippen molar-refractivity contribution in [3.05, 3.63) is 23.8 Å². The van der Waals surface area contributed by atoms with Crippen molar-refractivity contribution in [2.75, 3.05) is 53.0 Å². The Bertz CT molecular complexity index is 617. The summed E-state index contributed by atoms with van der Waals surface area (Å²) in [7, 11) is 1.62. The second kappa shape index (κ2) is 9.09. The van der Waals surface area contributed by atoms with Crippen LogP contribution in [0.4, 0.5) is 0 Å². The van der Waals surface area contributed by atoms with Crippen molar-refractivity contribution in [1.82, 2.24) is 15.1 Å². The van der Waals surface area contributed by atoms with Gasteiger partial charge in [-0.15, -0.1) is 0 Å². The number of rotatable bonds is 5. The number of benzene rings is 1. The zero-order chi connectivity index (χ0) is 18.4.